The highest BCUT2D eigenvalue weighted by molar-refractivity contribution is 4.73. The molecule has 0 saturated heterocycles. The summed E-state index contributed by atoms with van der Waals surface area (Å²) in [6, 6.07) is 0.436. The number of hydrogen-bond acceptors (Lipinski definition) is 3. The lowest BCUT2D eigenvalue weighted by atomic mass is 9.96. The van der Waals surface area contributed by atoms with Crippen LogP contribution < -0.4 is 11.3 Å². The van der Waals surface area contributed by atoms with E-state index in [2.05, 4.69) is 26.2 Å². The minimum Gasteiger partial charge on any atom is -0.379 e. The minimum atomic E-state index is -0.0315. The smallest absolute Gasteiger partial charge is 0.0623 e. The third-order valence-corrected chi connectivity index (χ3v) is 3.79. The third-order valence-electron chi connectivity index (χ3n) is 3.79. The Bertz CT molecular complexity index is 183. The van der Waals surface area contributed by atoms with E-state index in [1.165, 1.54) is 44.9 Å². The zero-order valence-electron chi connectivity index (χ0n) is 12.9. The van der Waals surface area contributed by atoms with Crippen LogP contribution >= 0.6 is 0 Å². The topological polar surface area (TPSA) is 47.3 Å². The van der Waals surface area contributed by atoms with Gasteiger partial charge in [0.2, 0.25) is 0 Å². The van der Waals surface area contributed by atoms with Crippen molar-refractivity contribution in [1.29, 1.82) is 0 Å². The van der Waals surface area contributed by atoms with Crippen molar-refractivity contribution in [3.05, 3.63) is 0 Å². The van der Waals surface area contributed by atoms with Gasteiger partial charge in [-0.1, -0.05) is 45.4 Å². The molecule has 3 heteroatoms. The average molecular weight is 258 g/mol. The second kappa shape index (κ2) is 10.8. The van der Waals surface area contributed by atoms with Crippen LogP contribution in [0.25, 0.3) is 0 Å². The van der Waals surface area contributed by atoms with E-state index in [4.69, 9.17) is 10.6 Å². The Morgan fingerprint density at radius 2 is 1.67 bits per heavy atom. The Hall–Kier alpha value is -0.120. The monoisotopic (exact) mass is 258 g/mol. The first-order valence-corrected chi connectivity index (χ1v) is 7.57. The standard InChI is InChI=1S/C15H34N2O/c1-5-6-7-8-9-10-11-14(17-16)12-13-15(2,3)18-4/h14,17H,5-13,16H2,1-4H3. The Kier molecular flexibility index (Phi) is 10.7. The van der Waals surface area contributed by atoms with Crippen LogP contribution in [0.5, 0.6) is 0 Å². The molecular weight excluding hydrogens is 224 g/mol. The van der Waals surface area contributed by atoms with Crippen molar-refractivity contribution in [2.24, 2.45) is 5.84 Å². The van der Waals surface area contributed by atoms with Crippen LogP contribution in [0.2, 0.25) is 0 Å². The number of hydrogen-bond donors (Lipinski definition) is 2. The minimum absolute atomic E-state index is 0.0315. The molecule has 1 atom stereocenters. The van der Waals surface area contributed by atoms with Crippen molar-refractivity contribution in [3.63, 3.8) is 0 Å². The van der Waals surface area contributed by atoms with E-state index in [9.17, 15) is 0 Å². The summed E-state index contributed by atoms with van der Waals surface area (Å²) in [5, 5.41) is 0. The Balaban J connectivity index is 3.58. The summed E-state index contributed by atoms with van der Waals surface area (Å²) in [7, 11) is 1.78. The van der Waals surface area contributed by atoms with Gasteiger partial charge in [0.1, 0.15) is 0 Å². The number of nitrogens with two attached hydrogens (primary N) is 1. The van der Waals surface area contributed by atoms with Gasteiger partial charge in [-0.2, -0.15) is 0 Å². The van der Waals surface area contributed by atoms with Crippen molar-refractivity contribution in [2.75, 3.05) is 7.11 Å². The molecule has 0 amide bonds. The summed E-state index contributed by atoms with van der Waals surface area (Å²) in [5.74, 6) is 5.62. The van der Waals surface area contributed by atoms with E-state index in [1.807, 2.05) is 0 Å². The van der Waals surface area contributed by atoms with E-state index < -0.39 is 0 Å². The Morgan fingerprint density at radius 3 is 2.22 bits per heavy atom. The summed E-state index contributed by atoms with van der Waals surface area (Å²) < 4.78 is 5.43. The molecule has 0 spiro atoms. The number of nitrogens with one attached hydrogen (secondary N) is 1. The highest BCUT2D eigenvalue weighted by atomic mass is 16.5. The van der Waals surface area contributed by atoms with E-state index in [-0.39, 0.29) is 5.60 Å². The molecule has 0 aliphatic heterocycles. The number of unbranched alkanes of at least 4 members (excludes halogenated alkanes) is 5. The zero-order chi connectivity index (χ0) is 13.9. The van der Waals surface area contributed by atoms with Gasteiger partial charge in [0.25, 0.3) is 0 Å². The van der Waals surface area contributed by atoms with Crippen molar-refractivity contribution in [3.8, 4) is 0 Å². The molecule has 0 bridgehead atoms. The molecule has 0 rings (SSSR count). The first-order valence-electron chi connectivity index (χ1n) is 7.57. The van der Waals surface area contributed by atoms with Gasteiger partial charge in [0, 0.05) is 13.2 Å². The lowest BCUT2D eigenvalue weighted by Gasteiger charge is -2.25. The predicted octanol–water partition coefficient (Wildman–Crippen LogP) is 3.77. The lowest BCUT2D eigenvalue weighted by molar-refractivity contribution is 0.0115. The molecule has 0 aliphatic carbocycles. The zero-order valence-corrected chi connectivity index (χ0v) is 12.9. The maximum absolute atomic E-state index is 5.62. The van der Waals surface area contributed by atoms with Crippen LogP contribution in [0.3, 0.4) is 0 Å². The summed E-state index contributed by atoms with van der Waals surface area (Å²) in [6.07, 6.45) is 11.4. The van der Waals surface area contributed by atoms with E-state index in [1.54, 1.807) is 7.11 Å². The molecule has 3 nitrogen and oxygen atoms in total. The van der Waals surface area contributed by atoms with Crippen LogP contribution in [-0.4, -0.2) is 18.8 Å². The quantitative estimate of drug-likeness (QED) is 0.318. The molecule has 0 aromatic rings. The molecule has 0 radical (unpaired) electrons. The lowest BCUT2D eigenvalue weighted by Crippen LogP contribution is -2.37. The molecule has 0 aromatic carbocycles. The maximum Gasteiger partial charge on any atom is 0.0623 e. The molecular formula is C15H34N2O. The molecule has 0 aromatic heterocycles. The SMILES string of the molecule is CCCCCCCCC(CCC(C)(C)OC)NN. The van der Waals surface area contributed by atoms with Crippen molar-refractivity contribution >= 4 is 0 Å². The number of hydrazine groups is 1. The van der Waals surface area contributed by atoms with Gasteiger partial charge >= 0.3 is 0 Å². The Morgan fingerprint density at radius 1 is 1.06 bits per heavy atom. The van der Waals surface area contributed by atoms with Crippen LogP contribution in [0, 0.1) is 0 Å². The van der Waals surface area contributed by atoms with Crippen molar-refractivity contribution < 1.29 is 4.74 Å². The first kappa shape index (κ1) is 17.9. The molecule has 18 heavy (non-hydrogen) atoms. The fourth-order valence-corrected chi connectivity index (χ4v) is 2.11. The molecule has 110 valence electrons. The second-order valence-corrected chi connectivity index (χ2v) is 5.92. The van der Waals surface area contributed by atoms with Gasteiger partial charge in [-0.3, -0.25) is 11.3 Å². The molecule has 0 saturated carbocycles. The van der Waals surface area contributed by atoms with Gasteiger partial charge < -0.3 is 4.74 Å². The molecule has 0 heterocycles. The second-order valence-electron chi connectivity index (χ2n) is 5.92. The Labute approximate surface area is 114 Å². The maximum atomic E-state index is 5.62. The van der Waals surface area contributed by atoms with Crippen molar-refractivity contribution in [2.45, 2.75) is 90.2 Å². The van der Waals surface area contributed by atoms with Gasteiger partial charge in [-0.15, -0.1) is 0 Å². The highest BCUT2D eigenvalue weighted by Gasteiger charge is 2.18. The summed E-state index contributed by atoms with van der Waals surface area (Å²) in [4.78, 5) is 0. The summed E-state index contributed by atoms with van der Waals surface area (Å²) >= 11 is 0. The van der Waals surface area contributed by atoms with Crippen molar-refractivity contribution in [1.82, 2.24) is 5.43 Å². The van der Waals surface area contributed by atoms with Gasteiger partial charge in [0.15, 0.2) is 0 Å². The largest absolute Gasteiger partial charge is 0.379 e. The van der Waals surface area contributed by atoms with Gasteiger partial charge in [-0.25, -0.2) is 0 Å². The fourth-order valence-electron chi connectivity index (χ4n) is 2.11. The summed E-state index contributed by atoms with van der Waals surface area (Å²) in [5.41, 5.74) is 2.91. The number of ether oxygens (including phenoxy) is 1. The van der Waals surface area contributed by atoms with E-state index >= 15 is 0 Å². The highest BCUT2D eigenvalue weighted by Crippen LogP contribution is 2.18. The van der Waals surface area contributed by atoms with E-state index in [0.717, 1.165) is 12.8 Å². The van der Waals surface area contributed by atoms with Crippen LogP contribution in [-0.2, 0) is 4.74 Å². The van der Waals surface area contributed by atoms with E-state index in [0.29, 0.717) is 6.04 Å². The average Bonchev–Trinajstić information content (AvgIpc) is 2.37. The summed E-state index contributed by atoms with van der Waals surface area (Å²) in [6.45, 7) is 6.52. The van der Waals surface area contributed by atoms with Crippen LogP contribution in [0.1, 0.15) is 78.6 Å². The predicted molar refractivity (Wildman–Crippen MR) is 79.4 cm³/mol. The van der Waals surface area contributed by atoms with Crippen LogP contribution in [0.4, 0.5) is 0 Å². The van der Waals surface area contributed by atoms with Gasteiger partial charge in [0.05, 0.1) is 5.60 Å². The number of rotatable bonds is 12. The third kappa shape index (κ3) is 9.86. The molecule has 3 N–H and O–H groups in total. The fraction of sp³-hybridized carbons (Fsp3) is 1.00. The molecule has 0 fully saturated rings. The molecule has 0 aliphatic rings. The van der Waals surface area contributed by atoms with Gasteiger partial charge in [-0.05, 0) is 33.1 Å². The molecule has 1 unspecified atom stereocenters. The first-order chi connectivity index (χ1) is 8.55. The normalized spacial score (nSPS) is 13.8. The number of methoxy groups -OCH3 is 1. The van der Waals surface area contributed by atoms with Crippen LogP contribution in [0.15, 0.2) is 0 Å².